The first-order chi connectivity index (χ1) is 11.6. The van der Waals surface area contributed by atoms with Gasteiger partial charge in [-0.3, -0.25) is 9.59 Å². The number of halogens is 1. The zero-order valence-corrected chi connectivity index (χ0v) is 14.5. The Hall–Kier alpha value is -1.92. The average Bonchev–Trinajstić information content (AvgIpc) is 3.19. The molecule has 0 spiro atoms. The molecule has 1 aromatic carbocycles. The van der Waals surface area contributed by atoms with Crippen LogP contribution in [0.4, 0.5) is 0 Å². The van der Waals surface area contributed by atoms with Gasteiger partial charge in [-0.25, -0.2) is 4.98 Å². The number of thiazole rings is 1. The Balaban J connectivity index is 1.37. The molecule has 0 saturated carbocycles. The number of nitrogens with zero attached hydrogens (tertiary/aromatic N) is 3. The van der Waals surface area contributed by atoms with Crippen molar-refractivity contribution in [1.29, 1.82) is 0 Å². The molecule has 2 saturated heterocycles. The zero-order chi connectivity index (χ0) is 16.7. The smallest absolute Gasteiger partial charge is 0.273 e. The van der Waals surface area contributed by atoms with Crippen molar-refractivity contribution in [3.63, 3.8) is 0 Å². The van der Waals surface area contributed by atoms with E-state index >= 15 is 0 Å². The third-order valence-electron chi connectivity index (χ3n) is 4.77. The SMILES string of the molecule is O=C(Cc1ccc(Cl)cc1)N1CC2CN(C(=O)c3cscn3)C2C1. The van der Waals surface area contributed by atoms with Gasteiger partial charge in [0.25, 0.3) is 5.91 Å². The van der Waals surface area contributed by atoms with E-state index in [4.69, 9.17) is 11.6 Å². The van der Waals surface area contributed by atoms with Crippen molar-refractivity contribution in [2.24, 2.45) is 5.92 Å². The molecule has 0 radical (unpaired) electrons. The van der Waals surface area contributed by atoms with Crippen LogP contribution in [0.5, 0.6) is 0 Å². The lowest BCUT2D eigenvalue weighted by atomic mass is 9.92. The summed E-state index contributed by atoms with van der Waals surface area (Å²) >= 11 is 7.29. The number of carbonyl (C=O) groups excluding carboxylic acids is 2. The molecule has 0 N–H and O–H groups in total. The van der Waals surface area contributed by atoms with Gasteiger partial charge in [0.15, 0.2) is 0 Å². The highest BCUT2D eigenvalue weighted by Crippen LogP contribution is 2.33. The van der Waals surface area contributed by atoms with E-state index in [-0.39, 0.29) is 17.9 Å². The largest absolute Gasteiger partial charge is 0.340 e. The first kappa shape index (κ1) is 15.6. The van der Waals surface area contributed by atoms with E-state index in [2.05, 4.69) is 4.98 Å². The van der Waals surface area contributed by atoms with Gasteiger partial charge in [-0.15, -0.1) is 11.3 Å². The van der Waals surface area contributed by atoms with Gasteiger partial charge in [0.2, 0.25) is 5.91 Å². The Morgan fingerprint density at radius 3 is 2.71 bits per heavy atom. The van der Waals surface area contributed by atoms with E-state index in [1.54, 1.807) is 23.0 Å². The quantitative estimate of drug-likeness (QED) is 0.843. The molecule has 2 amide bonds. The van der Waals surface area contributed by atoms with Crippen LogP contribution in [0.25, 0.3) is 0 Å². The number of fused-ring (bicyclic) bond motifs is 1. The second kappa shape index (κ2) is 6.18. The third kappa shape index (κ3) is 2.80. The molecule has 2 unspecified atom stereocenters. The van der Waals surface area contributed by atoms with E-state index in [9.17, 15) is 9.59 Å². The third-order valence-corrected chi connectivity index (χ3v) is 5.61. The predicted octanol–water partition coefficient (Wildman–Crippen LogP) is 2.32. The highest BCUT2D eigenvalue weighted by molar-refractivity contribution is 7.07. The number of amides is 2. The van der Waals surface area contributed by atoms with Crippen molar-refractivity contribution in [2.75, 3.05) is 19.6 Å². The Bertz CT molecular complexity index is 763. The number of benzene rings is 1. The fourth-order valence-corrected chi connectivity index (χ4v) is 4.08. The van der Waals surface area contributed by atoms with E-state index in [0.29, 0.717) is 36.1 Å². The maximum absolute atomic E-state index is 12.5. The number of aromatic nitrogens is 1. The van der Waals surface area contributed by atoms with Crippen LogP contribution in [-0.4, -0.2) is 52.3 Å². The van der Waals surface area contributed by atoms with Gasteiger partial charge in [0.05, 0.1) is 18.0 Å². The van der Waals surface area contributed by atoms with Crippen LogP contribution in [0.2, 0.25) is 5.02 Å². The molecule has 2 aliphatic heterocycles. The van der Waals surface area contributed by atoms with E-state index < -0.39 is 0 Å². The average molecular weight is 362 g/mol. The van der Waals surface area contributed by atoms with Gasteiger partial charge in [0.1, 0.15) is 5.69 Å². The molecule has 2 aliphatic rings. The van der Waals surface area contributed by atoms with Crippen molar-refractivity contribution in [3.8, 4) is 0 Å². The molecule has 4 rings (SSSR count). The van der Waals surface area contributed by atoms with Crippen LogP contribution in [0.3, 0.4) is 0 Å². The molecule has 5 nitrogen and oxygen atoms in total. The van der Waals surface area contributed by atoms with Crippen molar-refractivity contribution in [3.05, 3.63) is 51.4 Å². The number of hydrogen-bond acceptors (Lipinski definition) is 4. The molecule has 124 valence electrons. The summed E-state index contributed by atoms with van der Waals surface area (Å²) in [7, 11) is 0. The molecular formula is C17H16ClN3O2S. The lowest BCUT2D eigenvalue weighted by molar-refractivity contribution is -0.129. The fraction of sp³-hybridized carbons (Fsp3) is 0.353. The Kier molecular flexibility index (Phi) is 4.02. The van der Waals surface area contributed by atoms with E-state index in [1.807, 2.05) is 21.9 Å². The van der Waals surface area contributed by atoms with Crippen LogP contribution in [0.15, 0.2) is 35.2 Å². The number of rotatable bonds is 3. The zero-order valence-electron chi connectivity index (χ0n) is 12.9. The van der Waals surface area contributed by atoms with Crippen LogP contribution in [0, 0.1) is 5.92 Å². The molecule has 2 atom stereocenters. The summed E-state index contributed by atoms with van der Waals surface area (Å²) in [5.41, 5.74) is 3.13. The Morgan fingerprint density at radius 1 is 1.21 bits per heavy atom. The van der Waals surface area contributed by atoms with Gasteiger partial charge >= 0.3 is 0 Å². The topological polar surface area (TPSA) is 53.5 Å². The molecule has 3 heterocycles. The van der Waals surface area contributed by atoms with Gasteiger partial charge in [-0.1, -0.05) is 23.7 Å². The number of carbonyl (C=O) groups is 2. The lowest BCUT2D eigenvalue weighted by Gasteiger charge is -2.42. The summed E-state index contributed by atoms with van der Waals surface area (Å²) in [6, 6.07) is 7.48. The van der Waals surface area contributed by atoms with Gasteiger partial charge in [0, 0.05) is 36.0 Å². The van der Waals surface area contributed by atoms with Gasteiger partial charge < -0.3 is 9.80 Å². The Morgan fingerprint density at radius 2 is 2.00 bits per heavy atom. The summed E-state index contributed by atoms with van der Waals surface area (Å²) < 4.78 is 0. The molecule has 2 fully saturated rings. The number of hydrogen-bond donors (Lipinski definition) is 0. The molecule has 7 heteroatoms. The molecule has 0 bridgehead atoms. The molecule has 1 aromatic heterocycles. The predicted molar refractivity (Wildman–Crippen MR) is 92.2 cm³/mol. The van der Waals surface area contributed by atoms with Crippen molar-refractivity contribution >= 4 is 34.8 Å². The summed E-state index contributed by atoms with van der Waals surface area (Å²) in [5.74, 6) is 0.471. The summed E-state index contributed by atoms with van der Waals surface area (Å²) in [5, 5.41) is 2.44. The van der Waals surface area contributed by atoms with Crippen LogP contribution in [-0.2, 0) is 11.2 Å². The highest BCUT2D eigenvalue weighted by atomic mass is 35.5. The standard InChI is InChI=1S/C17H16ClN3O2S/c18-13-3-1-11(2-4-13)5-16(22)20-6-12-7-21(15(12)8-20)17(23)14-9-24-10-19-14/h1-4,9-10,12,15H,5-8H2. The van der Waals surface area contributed by atoms with Crippen molar-refractivity contribution < 1.29 is 9.59 Å². The fourth-order valence-electron chi connectivity index (χ4n) is 3.43. The minimum atomic E-state index is -0.0236. The van der Waals surface area contributed by atoms with Crippen molar-refractivity contribution in [1.82, 2.24) is 14.8 Å². The van der Waals surface area contributed by atoms with Crippen LogP contribution >= 0.6 is 22.9 Å². The van der Waals surface area contributed by atoms with E-state index in [1.165, 1.54) is 11.3 Å². The monoisotopic (exact) mass is 361 g/mol. The Labute approximate surface area is 148 Å². The summed E-state index contributed by atoms with van der Waals surface area (Å²) in [6.07, 6.45) is 0.372. The second-order valence-electron chi connectivity index (χ2n) is 6.26. The minimum absolute atomic E-state index is 0.0236. The summed E-state index contributed by atoms with van der Waals surface area (Å²) in [4.78, 5) is 32.7. The first-order valence-corrected chi connectivity index (χ1v) is 9.15. The summed E-state index contributed by atoms with van der Waals surface area (Å²) in [6.45, 7) is 2.07. The molecule has 24 heavy (non-hydrogen) atoms. The maximum atomic E-state index is 12.5. The molecular weight excluding hydrogens is 346 g/mol. The minimum Gasteiger partial charge on any atom is -0.340 e. The first-order valence-electron chi connectivity index (χ1n) is 7.83. The second-order valence-corrected chi connectivity index (χ2v) is 7.42. The lowest BCUT2D eigenvalue weighted by Crippen LogP contribution is -2.58. The number of likely N-dealkylation sites (tertiary alicyclic amines) is 2. The highest BCUT2D eigenvalue weighted by Gasteiger charge is 2.49. The van der Waals surface area contributed by atoms with Gasteiger partial charge in [-0.2, -0.15) is 0 Å². The van der Waals surface area contributed by atoms with Crippen LogP contribution in [0.1, 0.15) is 16.1 Å². The molecule has 2 aromatic rings. The van der Waals surface area contributed by atoms with Crippen molar-refractivity contribution in [2.45, 2.75) is 12.5 Å². The van der Waals surface area contributed by atoms with Gasteiger partial charge in [-0.05, 0) is 17.7 Å². The normalized spacial score (nSPS) is 22.2. The maximum Gasteiger partial charge on any atom is 0.273 e. The van der Waals surface area contributed by atoms with Crippen LogP contribution < -0.4 is 0 Å². The van der Waals surface area contributed by atoms with E-state index in [0.717, 1.165) is 12.1 Å². The molecule has 0 aliphatic carbocycles.